The molecule has 0 aromatic heterocycles. The molecule has 0 unspecified atom stereocenters. The van der Waals surface area contributed by atoms with E-state index in [1.807, 2.05) is 56.3 Å². The van der Waals surface area contributed by atoms with Crippen molar-refractivity contribution in [1.29, 1.82) is 0 Å². The van der Waals surface area contributed by atoms with Crippen molar-refractivity contribution in [3.63, 3.8) is 0 Å². The van der Waals surface area contributed by atoms with Crippen LogP contribution in [-0.2, 0) is 0 Å². The Labute approximate surface area is 171 Å². The summed E-state index contributed by atoms with van der Waals surface area (Å²) in [5.74, 6) is 1.36. The Morgan fingerprint density at radius 2 is 1.25 bits per heavy atom. The van der Waals surface area contributed by atoms with Gasteiger partial charge in [0, 0.05) is 5.56 Å². The van der Waals surface area contributed by atoms with Crippen molar-refractivity contribution >= 4 is 17.4 Å². The lowest BCUT2D eigenvalue weighted by Crippen LogP contribution is -2.05. The van der Waals surface area contributed by atoms with Gasteiger partial charge in [0.15, 0.2) is 5.78 Å². The largest absolute Gasteiger partial charge is 0.497 e. The maximum atomic E-state index is 12.6. The Balaban J connectivity index is 0.000000261. The lowest BCUT2D eigenvalue weighted by Gasteiger charge is -2.10. The predicted octanol–water partition coefficient (Wildman–Crippen LogP) is 6.20. The molecule has 4 heteroatoms. The summed E-state index contributed by atoms with van der Waals surface area (Å²) in [6.45, 7) is 5.92. The Kier molecular flexibility index (Phi) is 7.65. The summed E-state index contributed by atoms with van der Waals surface area (Å²) in [4.78, 5) is 12.6. The number of rotatable bonds is 4. The van der Waals surface area contributed by atoms with Crippen LogP contribution in [0.1, 0.15) is 32.6 Å². The van der Waals surface area contributed by atoms with Gasteiger partial charge >= 0.3 is 0 Å². The fourth-order valence-electron chi connectivity index (χ4n) is 2.63. The van der Waals surface area contributed by atoms with Crippen LogP contribution < -0.4 is 9.47 Å². The molecule has 0 saturated carbocycles. The zero-order valence-electron chi connectivity index (χ0n) is 16.9. The first-order valence-corrected chi connectivity index (χ1v) is 9.29. The van der Waals surface area contributed by atoms with Gasteiger partial charge < -0.3 is 9.47 Å². The highest BCUT2D eigenvalue weighted by Crippen LogP contribution is 2.26. The standard InChI is InChI=1S/C16H15ClO2.C8H10O/c1-10-4-6-14(17)12(8-10)16(18)13-9-11(2)5-7-15(13)19-3;1-7-3-5-8(9-2)6-4-7/h4-9H,1-3H3;3-6H,1-2H3. The van der Waals surface area contributed by atoms with Crippen LogP contribution in [0.25, 0.3) is 0 Å². The fourth-order valence-corrected chi connectivity index (χ4v) is 2.84. The molecule has 0 N–H and O–H groups in total. The minimum absolute atomic E-state index is 0.116. The third kappa shape index (κ3) is 5.61. The highest BCUT2D eigenvalue weighted by molar-refractivity contribution is 6.35. The van der Waals surface area contributed by atoms with Gasteiger partial charge in [-0.25, -0.2) is 0 Å². The smallest absolute Gasteiger partial charge is 0.198 e. The second-order valence-corrected chi connectivity index (χ2v) is 6.94. The van der Waals surface area contributed by atoms with Gasteiger partial charge in [-0.2, -0.15) is 0 Å². The second kappa shape index (κ2) is 9.95. The number of methoxy groups -OCH3 is 2. The normalized spacial score (nSPS) is 9.93. The summed E-state index contributed by atoms with van der Waals surface area (Å²) in [6, 6.07) is 18.9. The minimum Gasteiger partial charge on any atom is -0.497 e. The van der Waals surface area contributed by atoms with Crippen molar-refractivity contribution in [3.05, 3.63) is 93.5 Å². The first-order chi connectivity index (χ1) is 13.3. The van der Waals surface area contributed by atoms with Gasteiger partial charge in [-0.05, 0) is 57.2 Å². The highest BCUT2D eigenvalue weighted by Gasteiger charge is 2.17. The van der Waals surface area contributed by atoms with E-state index >= 15 is 0 Å². The summed E-state index contributed by atoms with van der Waals surface area (Å²) in [5, 5.41) is 0.458. The molecule has 28 heavy (non-hydrogen) atoms. The molecular formula is C24H25ClO3. The van der Waals surface area contributed by atoms with Crippen LogP contribution in [0, 0.1) is 20.8 Å². The monoisotopic (exact) mass is 396 g/mol. The van der Waals surface area contributed by atoms with Crippen molar-refractivity contribution in [3.8, 4) is 11.5 Å². The molecule has 3 aromatic rings. The number of benzene rings is 3. The van der Waals surface area contributed by atoms with Crippen LogP contribution in [0.4, 0.5) is 0 Å². The first-order valence-electron chi connectivity index (χ1n) is 8.92. The number of hydrogen-bond acceptors (Lipinski definition) is 3. The van der Waals surface area contributed by atoms with E-state index in [0.29, 0.717) is 21.9 Å². The van der Waals surface area contributed by atoms with Gasteiger partial charge in [0.2, 0.25) is 0 Å². The van der Waals surface area contributed by atoms with Crippen LogP contribution in [0.2, 0.25) is 5.02 Å². The molecule has 0 spiro atoms. The number of carbonyl (C=O) groups is 1. The Morgan fingerprint density at radius 1 is 0.714 bits per heavy atom. The Bertz CT molecular complexity index is 947. The molecule has 0 atom stereocenters. The van der Waals surface area contributed by atoms with Crippen molar-refractivity contribution in [2.75, 3.05) is 14.2 Å². The van der Waals surface area contributed by atoms with E-state index in [9.17, 15) is 4.79 Å². The summed E-state index contributed by atoms with van der Waals surface area (Å²) in [7, 11) is 3.23. The minimum atomic E-state index is -0.116. The molecule has 146 valence electrons. The molecule has 0 fully saturated rings. The predicted molar refractivity (Wildman–Crippen MR) is 115 cm³/mol. The molecule has 3 rings (SSSR count). The molecule has 0 aliphatic rings. The van der Waals surface area contributed by atoms with Crippen LogP contribution in [0.3, 0.4) is 0 Å². The summed E-state index contributed by atoms with van der Waals surface area (Å²) < 4.78 is 10.2. The molecule has 0 aliphatic carbocycles. The number of ketones is 1. The van der Waals surface area contributed by atoms with Gasteiger partial charge in [-0.1, -0.05) is 52.6 Å². The van der Waals surface area contributed by atoms with E-state index in [4.69, 9.17) is 21.1 Å². The van der Waals surface area contributed by atoms with Crippen molar-refractivity contribution < 1.29 is 14.3 Å². The molecule has 0 amide bonds. The van der Waals surface area contributed by atoms with E-state index in [2.05, 4.69) is 6.92 Å². The van der Waals surface area contributed by atoms with Gasteiger partial charge in [0.25, 0.3) is 0 Å². The molecule has 0 saturated heterocycles. The SMILES string of the molecule is COc1ccc(C)cc1.COc1ccc(C)cc1C(=O)c1cc(C)ccc1Cl. The average molecular weight is 397 g/mol. The van der Waals surface area contributed by atoms with Gasteiger partial charge in [0.05, 0.1) is 24.8 Å². The third-order valence-electron chi connectivity index (χ3n) is 4.22. The Morgan fingerprint density at radius 3 is 1.82 bits per heavy atom. The second-order valence-electron chi connectivity index (χ2n) is 6.53. The fraction of sp³-hybridized carbons (Fsp3) is 0.208. The molecular weight excluding hydrogens is 372 g/mol. The Hall–Kier alpha value is -2.78. The summed E-state index contributed by atoms with van der Waals surface area (Å²) in [5.41, 5.74) is 4.31. The molecule has 3 aromatic carbocycles. The van der Waals surface area contributed by atoms with E-state index in [0.717, 1.165) is 16.9 Å². The maximum absolute atomic E-state index is 12.6. The number of aryl methyl sites for hydroxylation is 3. The van der Waals surface area contributed by atoms with Crippen molar-refractivity contribution in [1.82, 2.24) is 0 Å². The highest BCUT2D eigenvalue weighted by atomic mass is 35.5. The van der Waals surface area contributed by atoms with E-state index < -0.39 is 0 Å². The topological polar surface area (TPSA) is 35.5 Å². The average Bonchev–Trinajstić information content (AvgIpc) is 2.70. The summed E-state index contributed by atoms with van der Waals surface area (Å²) >= 11 is 6.11. The zero-order valence-corrected chi connectivity index (χ0v) is 17.6. The zero-order chi connectivity index (χ0) is 20.7. The van der Waals surface area contributed by atoms with E-state index in [-0.39, 0.29) is 5.78 Å². The quantitative estimate of drug-likeness (QED) is 0.492. The number of carbonyl (C=O) groups excluding carboxylic acids is 1. The molecule has 3 nitrogen and oxygen atoms in total. The summed E-state index contributed by atoms with van der Waals surface area (Å²) in [6.07, 6.45) is 0. The number of halogens is 1. The van der Waals surface area contributed by atoms with Crippen molar-refractivity contribution in [2.45, 2.75) is 20.8 Å². The lowest BCUT2D eigenvalue weighted by atomic mass is 9.99. The van der Waals surface area contributed by atoms with Crippen LogP contribution in [0.15, 0.2) is 60.7 Å². The molecule has 0 aliphatic heterocycles. The van der Waals surface area contributed by atoms with Gasteiger partial charge in [0.1, 0.15) is 11.5 Å². The van der Waals surface area contributed by atoms with Gasteiger partial charge in [-0.3, -0.25) is 4.79 Å². The van der Waals surface area contributed by atoms with E-state index in [1.165, 1.54) is 5.56 Å². The molecule has 0 radical (unpaired) electrons. The van der Waals surface area contributed by atoms with Crippen LogP contribution >= 0.6 is 11.6 Å². The van der Waals surface area contributed by atoms with Gasteiger partial charge in [-0.15, -0.1) is 0 Å². The maximum Gasteiger partial charge on any atom is 0.198 e. The number of hydrogen-bond donors (Lipinski definition) is 0. The van der Waals surface area contributed by atoms with Crippen LogP contribution in [-0.4, -0.2) is 20.0 Å². The lowest BCUT2D eigenvalue weighted by molar-refractivity contribution is 0.103. The van der Waals surface area contributed by atoms with Crippen LogP contribution in [0.5, 0.6) is 11.5 Å². The third-order valence-corrected chi connectivity index (χ3v) is 4.55. The molecule has 0 bridgehead atoms. The first kappa shape index (κ1) is 21.5. The van der Waals surface area contributed by atoms with Crippen molar-refractivity contribution in [2.24, 2.45) is 0 Å². The molecule has 0 heterocycles. The van der Waals surface area contributed by atoms with E-state index in [1.54, 1.807) is 32.4 Å². The number of ether oxygens (including phenoxy) is 2.